The molecule has 2 saturated heterocycles. The van der Waals surface area contributed by atoms with Crippen LogP contribution in [-0.2, 0) is 33.4 Å². The minimum Gasteiger partial charge on any atom is -0.392 e. The molecule has 4 amide bonds. The van der Waals surface area contributed by atoms with E-state index in [-0.39, 0.29) is 18.6 Å². The van der Waals surface area contributed by atoms with E-state index in [0.717, 1.165) is 0 Å². The Morgan fingerprint density at radius 3 is 1.73 bits per heavy atom. The van der Waals surface area contributed by atoms with Crippen LogP contribution in [0.1, 0.15) is 70.7 Å². The molecule has 0 aromatic heterocycles. The molecule has 12 atom stereocenters. The molecule has 2 aromatic rings. The van der Waals surface area contributed by atoms with Crippen molar-refractivity contribution in [2.45, 2.75) is 102 Å². The van der Waals surface area contributed by atoms with Gasteiger partial charge in [-0.05, 0) is 76.2 Å². The number of likely N-dealkylation sites (N-methyl/N-ethyl adjacent to an activating group) is 1. The highest BCUT2D eigenvalue weighted by atomic mass is 35.5. The van der Waals surface area contributed by atoms with Gasteiger partial charge in [-0.2, -0.15) is 0 Å². The summed E-state index contributed by atoms with van der Waals surface area (Å²) >= 11 is 12.4. The molecule has 2 aliphatic heterocycles. The standard InChI is InChI=1S/C40H57Cl2N5O9/c1-21-18-40(5,54-8)36(56-39-35(51)29(47(6)7)17-22(2)55-39)23(3)34(50)24(4)38(53)44-20-31(49)46-33(26-11-15-28(42)16-12-26)32(25-9-13-27(41)14-10-25)45-30(48)19-43-37(21)52/h9-16,21-24,29,32-36,39,50-51H,17-20H2,1-8H3,(H,43,52)(H,44,53)(H,45,48)(H,46,49)/t21-,22-,23+,24-,29+,32?,33?,34+,35-,36-,39+,40-/m1/s1. The first kappa shape index (κ1) is 45.4. The van der Waals surface area contributed by atoms with Crippen molar-refractivity contribution >= 4 is 46.8 Å². The molecular weight excluding hydrogens is 765 g/mol. The molecule has 0 spiro atoms. The van der Waals surface area contributed by atoms with Crippen molar-refractivity contribution in [1.82, 2.24) is 26.2 Å². The van der Waals surface area contributed by atoms with Gasteiger partial charge < -0.3 is 50.6 Å². The summed E-state index contributed by atoms with van der Waals surface area (Å²) in [7, 11) is 5.16. The number of carbonyl (C=O) groups excluding carboxylic acids is 4. The summed E-state index contributed by atoms with van der Waals surface area (Å²) < 4.78 is 18.7. The Hall–Kier alpha value is -3.34. The zero-order chi connectivity index (χ0) is 41.5. The fourth-order valence-electron chi connectivity index (χ4n) is 7.61. The highest BCUT2D eigenvalue weighted by Gasteiger charge is 2.49. The van der Waals surface area contributed by atoms with E-state index in [2.05, 4.69) is 21.3 Å². The van der Waals surface area contributed by atoms with Crippen LogP contribution in [0, 0.1) is 17.8 Å². The first-order chi connectivity index (χ1) is 26.3. The minimum absolute atomic E-state index is 0.0548. The predicted molar refractivity (Wildman–Crippen MR) is 212 cm³/mol. The first-order valence-corrected chi connectivity index (χ1v) is 19.6. The average Bonchev–Trinajstić information content (AvgIpc) is 3.16. The quantitative estimate of drug-likeness (QED) is 0.253. The van der Waals surface area contributed by atoms with Gasteiger partial charge in [0.2, 0.25) is 23.6 Å². The van der Waals surface area contributed by atoms with Crippen molar-refractivity contribution in [3.05, 3.63) is 69.7 Å². The molecule has 56 heavy (non-hydrogen) atoms. The maximum atomic E-state index is 13.7. The molecule has 6 N–H and O–H groups in total. The van der Waals surface area contributed by atoms with Crippen molar-refractivity contribution in [2.24, 2.45) is 17.8 Å². The SMILES string of the molecule is CO[C@]1(C)C[C@@H](C)C(=O)NCC(=O)NC(c2ccc(Cl)cc2)C(c2ccc(Cl)cc2)NC(=O)CNC(=O)[C@H](C)[C@@H](O)[C@H](C)[C@H]1O[C@@H]1O[C@H](C)C[C@H](N(C)C)[C@H]1O. The summed E-state index contributed by atoms with van der Waals surface area (Å²) in [5.74, 6) is -4.82. The number of benzene rings is 2. The third-order valence-electron chi connectivity index (χ3n) is 11.0. The summed E-state index contributed by atoms with van der Waals surface area (Å²) in [5, 5.41) is 35.4. The predicted octanol–water partition coefficient (Wildman–Crippen LogP) is 3.13. The highest BCUT2D eigenvalue weighted by molar-refractivity contribution is 6.30. The topological polar surface area (TPSA) is 188 Å². The number of nitrogens with one attached hydrogen (secondary N) is 4. The minimum atomic E-state index is -1.34. The second-order valence-electron chi connectivity index (χ2n) is 15.5. The molecule has 2 heterocycles. The number of aliphatic hydroxyl groups excluding tert-OH is 2. The first-order valence-electron chi connectivity index (χ1n) is 18.9. The van der Waals surface area contributed by atoms with Crippen LogP contribution in [0.3, 0.4) is 0 Å². The Labute approximate surface area is 339 Å². The van der Waals surface area contributed by atoms with Crippen LogP contribution in [0.4, 0.5) is 0 Å². The smallest absolute Gasteiger partial charge is 0.239 e. The molecule has 14 nitrogen and oxygen atoms in total. The Kier molecular flexibility index (Phi) is 16.1. The molecule has 310 valence electrons. The highest BCUT2D eigenvalue weighted by Crippen LogP contribution is 2.37. The molecule has 0 radical (unpaired) electrons. The van der Waals surface area contributed by atoms with Crippen LogP contribution in [0.2, 0.25) is 10.0 Å². The number of amides is 4. The average molecular weight is 823 g/mol. The molecule has 2 unspecified atom stereocenters. The number of aliphatic hydroxyl groups is 2. The number of halogens is 2. The van der Waals surface area contributed by atoms with E-state index in [4.69, 9.17) is 37.4 Å². The lowest BCUT2D eigenvalue weighted by Crippen LogP contribution is -2.59. The van der Waals surface area contributed by atoms with Gasteiger partial charge in [0, 0.05) is 35.0 Å². The molecule has 0 bridgehead atoms. The number of rotatable bonds is 6. The fourth-order valence-corrected chi connectivity index (χ4v) is 7.86. The molecule has 16 heteroatoms. The van der Waals surface area contributed by atoms with Crippen LogP contribution < -0.4 is 21.3 Å². The number of hydrogen-bond acceptors (Lipinski definition) is 10. The maximum Gasteiger partial charge on any atom is 0.239 e. The Bertz CT molecular complexity index is 1650. The number of hydrogen-bond donors (Lipinski definition) is 6. The lowest BCUT2D eigenvalue weighted by Gasteiger charge is -2.47. The Balaban J connectivity index is 1.72. The van der Waals surface area contributed by atoms with Crippen molar-refractivity contribution in [1.29, 1.82) is 0 Å². The number of nitrogens with zero attached hydrogens (tertiary/aromatic N) is 1. The Morgan fingerprint density at radius 2 is 1.27 bits per heavy atom. The van der Waals surface area contributed by atoms with Crippen LogP contribution >= 0.6 is 23.2 Å². The summed E-state index contributed by atoms with van der Waals surface area (Å²) in [6, 6.07) is 11.4. The van der Waals surface area contributed by atoms with Crippen LogP contribution in [0.15, 0.2) is 48.5 Å². The maximum absolute atomic E-state index is 13.7. The van der Waals surface area contributed by atoms with Crippen LogP contribution in [-0.4, -0.2) is 115 Å². The monoisotopic (exact) mass is 821 g/mol. The van der Waals surface area contributed by atoms with E-state index in [1.54, 1.807) is 69.3 Å². The van der Waals surface area contributed by atoms with E-state index < -0.39 is 96.8 Å². The zero-order valence-corrected chi connectivity index (χ0v) is 34.8. The largest absolute Gasteiger partial charge is 0.392 e. The molecule has 4 rings (SSSR count). The third kappa shape index (κ3) is 11.4. The van der Waals surface area contributed by atoms with Gasteiger partial charge in [0.15, 0.2) is 6.29 Å². The number of methoxy groups -OCH3 is 1. The normalized spacial score (nSPS) is 34.6. The summed E-state index contributed by atoms with van der Waals surface area (Å²) in [6.07, 6.45) is -4.26. The molecular formula is C40H57Cl2N5O9. The van der Waals surface area contributed by atoms with Crippen molar-refractivity contribution in [2.75, 3.05) is 34.3 Å². The summed E-state index contributed by atoms with van der Waals surface area (Å²) in [6.45, 7) is 7.66. The lowest BCUT2D eigenvalue weighted by atomic mass is 9.77. The van der Waals surface area contributed by atoms with Gasteiger partial charge in [0.25, 0.3) is 0 Å². The second kappa shape index (κ2) is 19.9. The van der Waals surface area contributed by atoms with Gasteiger partial charge in [0.1, 0.15) is 6.10 Å². The molecule has 2 aliphatic rings. The van der Waals surface area contributed by atoms with E-state index >= 15 is 0 Å². The van der Waals surface area contributed by atoms with Crippen molar-refractivity contribution < 1.29 is 43.6 Å². The van der Waals surface area contributed by atoms with E-state index in [1.165, 1.54) is 14.0 Å². The van der Waals surface area contributed by atoms with Crippen LogP contribution in [0.5, 0.6) is 0 Å². The lowest BCUT2D eigenvalue weighted by molar-refractivity contribution is -0.301. The molecule has 0 saturated carbocycles. The second-order valence-corrected chi connectivity index (χ2v) is 16.4. The van der Waals surface area contributed by atoms with Gasteiger partial charge in [0.05, 0.1) is 55.0 Å². The fraction of sp³-hybridized carbons (Fsp3) is 0.600. The van der Waals surface area contributed by atoms with Gasteiger partial charge in [-0.3, -0.25) is 19.2 Å². The van der Waals surface area contributed by atoms with E-state index in [1.807, 2.05) is 25.9 Å². The Morgan fingerprint density at radius 1 is 0.786 bits per heavy atom. The van der Waals surface area contributed by atoms with Gasteiger partial charge in [-0.15, -0.1) is 0 Å². The van der Waals surface area contributed by atoms with Crippen LogP contribution in [0.25, 0.3) is 0 Å². The van der Waals surface area contributed by atoms with Crippen molar-refractivity contribution in [3.63, 3.8) is 0 Å². The molecule has 2 fully saturated rings. The summed E-state index contributed by atoms with van der Waals surface area (Å²) in [5.41, 5.74) is -0.0938. The third-order valence-corrected chi connectivity index (χ3v) is 11.5. The van der Waals surface area contributed by atoms with E-state index in [0.29, 0.717) is 27.6 Å². The van der Waals surface area contributed by atoms with E-state index in [9.17, 15) is 29.4 Å². The molecule has 0 aliphatic carbocycles. The molecule has 2 aromatic carbocycles. The van der Waals surface area contributed by atoms with Gasteiger partial charge >= 0.3 is 0 Å². The summed E-state index contributed by atoms with van der Waals surface area (Å²) in [4.78, 5) is 56.4. The number of carbonyl (C=O) groups is 4. The van der Waals surface area contributed by atoms with Gasteiger partial charge in [-0.1, -0.05) is 68.2 Å². The zero-order valence-electron chi connectivity index (χ0n) is 33.3. The van der Waals surface area contributed by atoms with Crippen molar-refractivity contribution in [3.8, 4) is 0 Å². The van der Waals surface area contributed by atoms with Gasteiger partial charge in [-0.25, -0.2) is 0 Å². The number of ether oxygens (including phenoxy) is 3.